The molecule has 0 radical (unpaired) electrons. The fraction of sp³-hybridized carbons (Fsp3) is 0.304. The molecule has 30 heavy (non-hydrogen) atoms. The first-order chi connectivity index (χ1) is 14.4. The van der Waals surface area contributed by atoms with Crippen molar-refractivity contribution in [1.29, 1.82) is 0 Å². The monoisotopic (exact) mass is 409 g/mol. The molecular weight excluding hydrogens is 386 g/mol. The molecule has 2 aromatic carbocycles. The Morgan fingerprint density at radius 1 is 1.00 bits per heavy atom. The van der Waals surface area contributed by atoms with E-state index < -0.39 is 29.8 Å². The molecule has 0 saturated heterocycles. The minimum Gasteiger partial charge on any atom is -0.465 e. The lowest BCUT2D eigenvalue weighted by atomic mass is 9.97. The van der Waals surface area contributed by atoms with Crippen molar-refractivity contribution in [3.8, 4) is 0 Å². The van der Waals surface area contributed by atoms with Crippen LogP contribution >= 0.6 is 0 Å². The fourth-order valence-electron chi connectivity index (χ4n) is 3.42. The highest BCUT2D eigenvalue weighted by Crippen LogP contribution is 2.29. The van der Waals surface area contributed by atoms with E-state index in [-0.39, 0.29) is 23.7 Å². The number of benzene rings is 2. The minimum atomic E-state index is -1.04. The Bertz CT molecular complexity index is 964. The van der Waals surface area contributed by atoms with Gasteiger partial charge in [0.05, 0.1) is 23.8 Å². The molecule has 2 aromatic rings. The highest BCUT2D eigenvalue weighted by atomic mass is 16.5. The highest BCUT2D eigenvalue weighted by molar-refractivity contribution is 6.22. The lowest BCUT2D eigenvalue weighted by Crippen LogP contribution is -2.49. The lowest BCUT2D eigenvalue weighted by Gasteiger charge is -2.29. The van der Waals surface area contributed by atoms with Crippen LogP contribution in [-0.2, 0) is 20.9 Å². The Kier molecular flexibility index (Phi) is 6.30. The Labute approximate surface area is 174 Å². The number of nitrogens with zero attached hydrogens (tertiary/aromatic N) is 1. The molecule has 2 atom stereocenters. The van der Waals surface area contributed by atoms with E-state index >= 15 is 0 Å². The van der Waals surface area contributed by atoms with Crippen molar-refractivity contribution < 1.29 is 28.7 Å². The summed E-state index contributed by atoms with van der Waals surface area (Å²) in [7, 11) is 1.29. The van der Waals surface area contributed by atoms with Gasteiger partial charge in [-0.15, -0.1) is 0 Å². The molecule has 1 aliphatic rings. The molecule has 3 rings (SSSR count). The Hall–Kier alpha value is -3.48. The van der Waals surface area contributed by atoms with Gasteiger partial charge in [-0.3, -0.25) is 14.5 Å². The molecule has 0 aromatic heterocycles. The van der Waals surface area contributed by atoms with Crippen molar-refractivity contribution in [2.24, 2.45) is 5.92 Å². The second kappa shape index (κ2) is 8.90. The Morgan fingerprint density at radius 2 is 1.63 bits per heavy atom. The van der Waals surface area contributed by atoms with Gasteiger partial charge in [-0.2, -0.15) is 0 Å². The van der Waals surface area contributed by atoms with Crippen LogP contribution in [0.15, 0.2) is 48.5 Å². The molecule has 0 spiro atoms. The van der Waals surface area contributed by atoms with E-state index in [1.165, 1.54) is 7.11 Å². The maximum absolute atomic E-state index is 13.0. The minimum absolute atomic E-state index is 0.0974. The first-order valence-electron chi connectivity index (χ1n) is 9.69. The van der Waals surface area contributed by atoms with E-state index in [9.17, 15) is 19.2 Å². The van der Waals surface area contributed by atoms with Gasteiger partial charge in [0, 0.05) is 0 Å². The summed E-state index contributed by atoms with van der Waals surface area (Å²) < 4.78 is 10.1. The number of hydrogen-bond donors (Lipinski definition) is 0. The molecule has 1 aliphatic heterocycles. The quantitative estimate of drug-likeness (QED) is 0.515. The van der Waals surface area contributed by atoms with E-state index in [2.05, 4.69) is 0 Å². The Balaban J connectivity index is 1.80. The number of ether oxygens (including phenoxy) is 2. The van der Waals surface area contributed by atoms with E-state index in [0.717, 1.165) is 4.90 Å². The second-order valence-corrected chi connectivity index (χ2v) is 7.16. The van der Waals surface area contributed by atoms with Crippen molar-refractivity contribution in [2.75, 3.05) is 7.11 Å². The van der Waals surface area contributed by atoms with Crippen LogP contribution < -0.4 is 0 Å². The van der Waals surface area contributed by atoms with E-state index in [1.807, 2.05) is 6.92 Å². The van der Waals surface area contributed by atoms with Gasteiger partial charge in [-0.05, 0) is 35.7 Å². The van der Waals surface area contributed by atoms with Gasteiger partial charge in [0.1, 0.15) is 12.6 Å². The number of rotatable bonds is 7. The SMILES string of the molecule is CCC(C)C(C(=O)OCc1cccc(C(=O)OC)c1)N1C(=O)c2ccccc2C1=O. The zero-order valence-electron chi connectivity index (χ0n) is 17.1. The van der Waals surface area contributed by atoms with Gasteiger partial charge < -0.3 is 9.47 Å². The zero-order chi connectivity index (χ0) is 21.8. The van der Waals surface area contributed by atoms with E-state index in [1.54, 1.807) is 55.5 Å². The molecule has 2 unspecified atom stereocenters. The summed E-state index contributed by atoms with van der Waals surface area (Å²) >= 11 is 0. The number of carbonyl (C=O) groups is 4. The molecule has 0 aliphatic carbocycles. The molecule has 1 heterocycles. The number of amides is 2. The van der Waals surface area contributed by atoms with Gasteiger partial charge in [0.15, 0.2) is 0 Å². The van der Waals surface area contributed by atoms with Crippen LogP contribution in [0.25, 0.3) is 0 Å². The van der Waals surface area contributed by atoms with Crippen LogP contribution in [0.2, 0.25) is 0 Å². The number of methoxy groups -OCH3 is 1. The number of hydrogen-bond acceptors (Lipinski definition) is 6. The molecule has 7 nitrogen and oxygen atoms in total. The molecular formula is C23H23NO6. The average Bonchev–Trinajstić information content (AvgIpc) is 3.02. The van der Waals surface area contributed by atoms with E-state index in [4.69, 9.17) is 9.47 Å². The van der Waals surface area contributed by atoms with Crippen molar-refractivity contribution in [3.63, 3.8) is 0 Å². The fourth-order valence-corrected chi connectivity index (χ4v) is 3.42. The van der Waals surface area contributed by atoms with Gasteiger partial charge in [0.2, 0.25) is 0 Å². The van der Waals surface area contributed by atoms with Gasteiger partial charge in [-0.1, -0.05) is 44.5 Å². The zero-order valence-corrected chi connectivity index (χ0v) is 17.1. The smallest absolute Gasteiger partial charge is 0.337 e. The standard InChI is InChI=1S/C23H23NO6/c1-4-14(2)19(24-20(25)17-10-5-6-11-18(17)21(24)26)23(28)30-13-15-8-7-9-16(12-15)22(27)29-3/h5-12,14,19H,4,13H2,1-3H3. The number of imide groups is 1. The van der Waals surface area contributed by atoms with Gasteiger partial charge >= 0.3 is 11.9 Å². The predicted octanol–water partition coefficient (Wildman–Crippen LogP) is 3.23. The molecule has 0 N–H and O–H groups in total. The molecule has 0 fully saturated rings. The van der Waals surface area contributed by atoms with Crippen molar-refractivity contribution in [3.05, 3.63) is 70.8 Å². The van der Waals surface area contributed by atoms with Gasteiger partial charge in [-0.25, -0.2) is 9.59 Å². The summed E-state index contributed by atoms with van der Waals surface area (Å²) in [6, 6.07) is 12.0. The molecule has 0 saturated carbocycles. The summed E-state index contributed by atoms with van der Waals surface area (Å²) in [6.07, 6.45) is 0.574. The predicted molar refractivity (Wildman–Crippen MR) is 108 cm³/mol. The van der Waals surface area contributed by atoms with Crippen molar-refractivity contribution in [2.45, 2.75) is 32.9 Å². The highest BCUT2D eigenvalue weighted by Gasteiger charge is 2.45. The van der Waals surface area contributed by atoms with Crippen molar-refractivity contribution in [1.82, 2.24) is 4.90 Å². The number of fused-ring (bicyclic) bond motifs is 1. The summed E-state index contributed by atoms with van der Waals surface area (Å²) in [5.41, 5.74) is 1.50. The maximum Gasteiger partial charge on any atom is 0.337 e. The van der Waals surface area contributed by atoms with Crippen LogP contribution in [0, 0.1) is 5.92 Å². The first kappa shape index (κ1) is 21.2. The first-order valence-corrected chi connectivity index (χ1v) is 9.69. The summed E-state index contributed by atoms with van der Waals surface area (Å²) in [6.45, 7) is 3.58. The van der Waals surface area contributed by atoms with Crippen LogP contribution in [0.4, 0.5) is 0 Å². The third-order valence-electron chi connectivity index (χ3n) is 5.26. The normalized spacial score (nSPS) is 14.8. The Morgan fingerprint density at radius 3 is 2.20 bits per heavy atom. The number of carbonyl (C=O) groups excluding carboxylic acids is 4. The van der Waals surface area contributed by atoms with Crippen LogP contribution in [0.1, 0.15) is 56.9 Å². The summed E-state index contributed by atoms with van der Waals surface area (Å²) in [5, 5.41) is 0. The summed E-state index contributed by atoms with van der Waals surface area (Å²) in [4.78, 5) is 51.3. The third-order valence-corrected chi connectivity index (χ3v) is 5.26. The molecule has 7 heteroatoms. The average molecular weight is 409 g/mol. The largest absolute Gasteiger partial charge is 0.465 e. The molecule has 156 valence electrons. The molecule has 2 amide bonds. The van der Waals surface area contributed by atoms with E-state index in [0.29, 0.717) is 17.5 Å². The lowest BCUT2D eigenvalue weighted by molar-refractivity contribution is -0.151. The van der Waals surface area contributed by atoms with Crippen LogP contribution in [-0.4, -0.2) is 41.8 Å². The third kappa shape index (κ3) is 3.96. The van der Waals surface area contributed by atoms with Gasteiger partial charge in [0.25, 0.3) is 11.8 Å². The van der Waals surface area contributed by atoms with Crippen LogP contribution in [0.5, 0.6) is 0 Å². The summed E-state index contributed by atoms with van der Waals surface area (Å²) in [5.74, 6) is -2.44. The molecule has 0 bridgehead atoms. The second-order valence-electron chi connectivity index (χ2n) is 7.16. The number of esters is 2. The maximum atomic E-state index is 13.0. The van der Waals surface area contributed by atoms with Crippen LogP contribution in [0.3, 0.4) is 0 Å². The topological polar surface area (TPSA) is 90.0 Å². The van der Waals surface area contributed by atoms with Crippen molar-refractivity contribution >= 4 is 23.8 Å².